The molecule has 1 aromatic carbocycles. The van der Waals surface area contributed by atoms with E-state index in [0.717, 1.165) is 62.3 Å². The maximum absolute atomic E-state index is 12.1. The summed E-state index contributed by atoms with van der Waals surface area (Å²) in [7, 11) is 1.68. The summed E-state index contributed by atoms with van der Waals surface area (Å²) in [4.78, 5) is 19.4. The molecule has 1 aromatic heterocycles. The summed E-state index contributed by atoms with van der Waals surface area (Å²) in [5.41, 5.74) is 1.69. The van der Waals surface area contributed by atoms with E-state index < -0.39 is 0 Å². The molecule has 2 aromatic rings. The summed E-state index contributed by atoms with van der Waals surface area (Å²) >= 11 is 5.65. The summed E-state index contributed by atoms with van der Waals surface area (Å²) in [6, 6.07) is 9.50. The fourth-order valence-corrected chi connectivity index (χ4v) is 3.76. The van der Waals surface area contributed by atoms with Gasteiger partial charge in [-0.05, 0) is 36.8 Å². The van der Waals surface area contributed by atoms with Crippen molar-refractivity contribution in [2.45, 2.75) is 13.0 Å². The van der Waals surface area contributed by atoms with E-state index in [2.05, 4.69) is 20.1 Å². The van der Waals surface area contributed by atoms with Crippen molar-refractivity contribution in [3.05, 3.63) is 46.2 Å². The molecule has 0 aliphatic carbocycles. The molecule has 7 nitrogen and oxygen atoms in total. The van der Waals surface area contributed by atoms with Crippen LogP contribution in [0, 0.1) is 0 Å². The SMILES string of the molecule is COCCN(Cc1cc(=O)[nH]c2ccccc12)C(=S)NCCCN1CCOCC1. The molecule has 1 saturated heterocycles. The summed E-state index contributed by atoms with van der Waals surface area (Å²) in [5.74, 6) is 0. The zero-order valence-corrected chi connectivity index (χ0v) is 17.8. The van der Waals surface area contributed by atoms with Crippen molar-refractivity contribution in [2.24, 2.45) is 0 Å². The lowest BCUT2D eigenvalue weighted by atomic mass is 10.1. The van der Waals surface area contributed by atoms with Crippen molar-refractivity contribution in [1.82, 2.24) is 20.1 Å². The topological polar surface area (TPSA) is 69.8 Å². The summed E-state index contributed by atoms with van der Waals surface area (Å²) in [5, 5.41) is 5.09. The molecule has 1 aliphatic rings. The number of thiocarbonyl (C=S) groups is 1. The number of morpholine rings is 1. The first kappa shape index (κ1) is 21.7. The van der Waals surface area contributed by atoms with Crippen LogP contribution in [-0.2, 0) is 16.0 Å². The van der Waals surface area contributed by atoms with Gasteiger partial charge in [-0.2, -0.15) is 0 Å². The molecule has 0 saturated carbocycles. The fraction of sp³-hybridized carbons (Fsp3) is 0.524. The van der Waals surface area contributed by atoms with E-state index in [1.807, 2.05) is 24.3 Å². The molecular weight excluding hydrogens is 388 g/mol. The first-order valence-electron chi connectivity index (χ1n) is 10.1. The summed E-state index contributed by atoms with van der Waals surface area (Å²) in [6.45, 7) is 7.28. The number of benzene rings is 1. The Morgan fingerprint density at radius 2 is 2.14 bits per heavy atom. The Labute approximate surface area is 177 Å². The van der Waals surface area contributed by atoms with E-state index in [1.165, 1.54) is 0 Å². The quantitative estimate of drug-likeness (QED) is 0.473. The normalized spacial score (nSPS) is 14.8. The molecule has 0 unspecified atom stereocenters. The van der Waals surface area contributed by atoms with E-state index in [4.69, 9.17) is 21.7 Å². The summed E-state index contributed by atoms with van der Waals surface area (Å²) in [6.07, 6.45) is 1.02. The third-order valence-electron chi connectivity index (χ3n) is 5.08. The van der Waals surface area contributed by atoms with Crippen LogP contribution in [0.15, 0.2) is 35.1 Å². The van der Waals surface area contributed by atoms with Crippen LogP contribution in [0.5, 0.6) is 0 Å². The molecule has 0 atom stereocenters. The van der Waals surface area contributed by atoms with Gasteiger partial charge >= 0.3 is 0 Å². The second-order valence-electron chi connectivity index (χ2n) is 7.16. The molecule has 0 bridgehead atoms. The van der Waals surface area contributed by atoms with Crippen molar-refractivity contribution < 1.29 is 9.47 Å². The van der Waals surface area contributed by atoms with Gasteiger partial charge in [-0.1, -0.05) is 18.2 Å². The Morgan fingerprint density at radius 1 is 1.34 bits per heavy atom. The average molecular weight is 419 g/mol. The van der Waals surface area contributed by atoms with Gasteiger partial charge in [-0.25, -0.2) is 0 Å². The van der Waals surface area contributed by atoms with Gasteiger partial charge < -0.3 is 24.7 Å². The number of aromatic nitrogens is 1. The second-order valence-corrected chi connectivity index (χ2v) is 7.54. The highest BCUT2D eigenvalue weighted by Gasteiger charge is 2.14. The monoisotopic (exact) mass is 418 g/mol. The Bertz CT molecular complexity index is 851. The molecule has 1 aliphatic heterocycles. The average Bonchev–Trinajstić information content (AvgIpc) is 2.74. The highest BCUT2D eigenvalue weighted by Crippen LogP contribution is 2.16. The van der Waals surface area contributed by atoms with E-state index in [1.54, 1.807) is 13.2 Å². The van der Waals surface area contributed by atoms with Crippen LogP contribution in [0.2, 0.25) is 0 Å². The first-order chi connectivity index (χ1) is 14.2. The molecular formula is C21H30N4O3S. The van der Waals surface area contributed by atoms with Gasteiger partial charge in [0.15, 0.2) is 5.11 Å². The summed E-state index contributed by atoms with van der Waals surface area (Å²) < 4.78 is 10.6. The van der Waals surface area contributed by atoms with E-state index in [-0.39, 0.29) is 5.56 Å². The van der Waals surface area contributed by atoms with Crippen molar-refractivity contribution in [2.75, 3.05) is 59.7 Å². The maximum Gasteiger partial charge on any atom is 0.248 e. The van der Waals surface area contributed by atoms with Gasteiger partial charge in [-0.3, -0.25) is 9.69 Å². The van der Waals surface area contributed by atoms with E-state index >= 15 is 0 Å². The molecule has 2 heterocycles. The standard InChI is InChI=1S/C21H30N4O3S/c1-27-12-11-25(21(29)22-7-4-8-24-9-13-28-14-10-24)16-17-15-20(26)23-19-6-3-2-5-18(17)19/h2-3,5-6,15H,4,7-14,16H2,1H3,(H,22,29)(H,23,26). The molecule has 0 spiro atoms. The number of ether oxygens (including phenoxy) is 2. The minimum atomic E-state index is -0.102. The third-order valence-corrected chi connectivity index (χ3v) is 5.48. The Kier molecular flexibility index (Phi) is 8.42. The zero-order valence-electron chi connectivity index (χ0n) is 17.0. The smallest absolute Gasteiger partial charge is 0.248 e. The molecule has 0 amide bonds. The number of hydrogen-bond acceptors (Lipinski definition) is 5. The minimum absolute atomic E-state index is 0.102. The van der Waals surface area contributed by atoms with E-state index in [0.29, 0.717) is 24.8 Å². The Balaban J connectivity index is 1.60. The van der Waals surface area contributed by atoms with Crippen molar-refractivity contribution in [1.29, 1.82) is 0 Å². The number of pyridine rings is 1. The lowest BCUT2D eigenvalue weighted by Crippen LogP contribution is -2.42. The Hall–Kier alpha value is -2.00. The van der Waals surface area contributed by atoms with Crippen LogP contribution in [0.3, 0.4) is 0 Å². The van der Waals surface area contributed by atoms with Gasteiger partial charge in [0, 0.05) is 56.8 Å². The van der Waals surface area contributed by atoms with Gasteiger partial charge in [0.05, 0.1) is 19.8 Å². The number of fused-ring (bicyclic) bond motifs is 1. The van der Waals surface area contributed by atoms with Gasteiger partial charge in [0.2, 0.25) is 5.56 Å². The van der Waals surface area contributed by atoms with Crippen molar-refractivity contribution >= 4 is 28.2 Å². The van der Waals surface area contributed by atoms with Crippen LogP contribution < -0.4 is 10.9 Å². The van der Waals surface area contributed by atoms with Crippen LogP contribution in [-0.4, -0.2) is 79.6 Å². The lowest BCUT2D eigenvalue weighted by molar-refractivity contribution is 0.0375. The number of nitrogens with zero attached hydrogens (tertiary/aromatic N) is 2. The maximum atomic E-state index is 12.1. The Morgan fingerprint density at radius 3 is 2.93 bits per heavy atom. The van der Waals surface area contributed by atoms with Crippen LogP contribution >= 0.6 is 12.2 Å². The fourth-order valence-electron chi connectivity index (χ4n) is 3.50. The number of rotatable bonds is 9. The van der Waals surface area contributed by atoms with Gasteiger partial charge in [-0.15, -0.1) is 0 Å². The number of hydrogen-bond donors (Lipinski definition) is 2. The molecule has 2 N–H and O–H groups in total. The first-order valence-corrected chi connectivity index (χ1v) is 10.5. The molecule has 1 fully saturated rings. The highest BCUT2D eigenvalue weighted by molar-refractivity contribution is 7.80. The predicted molar refractivity (Wildman–Crippen MR) is 119 cm³/mol. The molecule has 0 radical (unpaired) electrons. The largest absolute Gasteiger partial charge is 0.383 e. The zero-order chi connectivity index (χ0) is 20.5. The van der Waals surface area contributed by atoms with Crippen LogP contribution in [0.4, 0.5) is 0 Å². The van der Waals surface area contributed by atoms with Gasteiger partial charge in [0.25, 0.3) is 0 Å². The number of para-hydroxylation sites is 1. The van der Waals surface area contributed by atoms with Crippen LogP contribution in [0.1, 0.15) is 12.0 Å². The number of methoxy groups -OCH3 is 1. The van der Waals surface area contributed by atoms with Gasteiger partial charge in [0.1, 0.15) is 0 Å². The molecule has 29 heavy (non-hydrogen) atoms. The third kappa shape index (κ3) is 6.50. The molecule has 158 valence electrons. The number of H-pyrrole nitrogens is 1. The molecule has 8 heteroatoms. The minimum Gasteiger partial charge on any atom is -0.383 e. The lowest BCUT2D eigenvalue weighted by Gasteiger charge is -2.28. The van der Waals surface area contributed by atoms with Crippen LogP contribution in [0.25, 0.3) is 10.9 Å². The number of aromatic amines is 1. The second kappa shape index (κ2) is 11.3. The van der Waals surface area contributed by atoms with Crippen molar-refractivity contribution in [3.8, 4) is 0 Å². The highest BCUT2D eigenvalue weighted by atomic mass is 32.1. The van der Waals surface area contributed by atoms with Crippen molar-refractivity contribution in [3.63, 3.8) is 0 Å². The number of nitrogens with one attached hydrogen (secondary N) is 2. The van der Waals surface area contributed by atoms with E-state index in [9.17, 15) is 4.79 Å². The predicted octanol–water partition coefficient (Wildman–Crippen LogP) is 1.57. The molecule has 3 rings (SSSR count).